The monoisotopic (exact) mass is 366 g/mol. The van der Waals surface area contributed by atoms with Crippen LogP contribution in [0.15, 0.2) is 30.9 Å². The van der Waals surface area contributed by atoms with E-state index in [-0.39, 0.29) is 24.4 Å². The number of hydrogen-bond acceptors (Lipinski definition) is 6. The molecular weight excluding hydrogens is 344 g/mol. The van der Waals surface area contributed by atoms with Gasteiger partial charge in [0.15, 0.2) is 0 Å². The molecule has 9 heteroatoms. The summed E-state index contributed by atoms with van der Waals surface area (Å²) in [6.45, 7) is 6.46. The molecule has 2 heterocycles. The van der Waals surface area contributed by atoms with Crippen LogP contribution in [-0.2, 0) is 9.53 Å². The van der Waals surface area contributed by atoms with Crippen LogP contribution >= 0.6 is 12.4 Å². The minimum atomic E-state index is -0.974. The van der Waals surface area contributed by atoms with Gasteiger partial charge in [0.25, 0.3) is 0 Å². The van der Waals surface area contributed by atoms with Crippen LogP contribution in [0.1, 0.15) is 27.2 Å². The summed E-state index contributed by atoms with van der Waals surface area (Å²) in [5.41, 5.74) is 5.50. The predicted octanol–water partition coefficient (Wildman–Crippen LogP) is 1.56. The number of ether oxygens (including phenoxy) is 1. The molecule has 0 aromatic carbocycles. The lowest BCUT2D eigenvalue weighted by molar-refractivity contribution is -0.166. The molecule has 0 aliphatic heterocycles. The first kappa shape index (κ1) is 19.3. The van der Waals surface area contributed by atoms with Gasteiger partial charge in [-0.1, -0.05) is 13.8 Å². The number of hydrogen-bond donors (Lipinski definition) is 2. The minimum Gasteiger partial charge on any atom is -0.378 e. The lowest BCUT2D eigenvalue weighted by atomic mass is 9.54. The molecule has 0 bridgehead atoms. The second kappa shape index (κ2) is 7.07. The zero-order chi connectivity index (χ0) is 17.4. The fourth-order valence-electron chi connectivity index (χ4n) is 2.97. The van der Waals surface area contributed by atoms with Gasteiger partial charge in [-0.15, -0.1) is 12.4 Å². The number of nitrogens with two attached hydrogens (primary N) is 1. The number of carbonyl (C=O) groups is 1. The van der Waals surface area contributed by atoms with Crippen molar-refractivity contribution in [1.82, 2.24) is 19.7 Å². The summed E-state index contributed by atoms with van der Waals surface area (Å²) in [6, 6.07) is 1.72. The lowest BCUT2D eigenvalue weighted by Crippen LogP contribution is -2.74. The van der Waals surface area contributed by atoms with Crippen LogP contribution in [0.2, 0.25) is 0 Å². The molecule has 8 nitrogen and oxygen atoms in total. The minimum absolute atomic E-state index is 0. The van der Waals surface area contributed by atoms with E-state index in [4.69, 9.17) is 10.5 Å². The Labute approximate surface area is 152 Å². The van der Waals surface area contributed by atoms with E-state index in [1.165, 1.54) is 4.68 Å². The van der Waals surface area contributed by atoms with Crippen molar-refractivity contribution < 1.29 is 9.53 Å². The third-order valence-electron chi connectivity index (χ3n) is 4.83. The Balaban J connectivity index is 0.00000225. The molecule has 2 unspecified atom stereocenters. The Morgan fingerprint density at radius 2 is 2.12 bits per heavy atom. The van der Waals surface area contributed by atoms with Crippen molar-refractivity contribution in [2.24, 2.45) is 11.1 Å². The Hall–Kier alpha value is -2.03. The van der Waals surface area contributed by atoms with E-state index in [1.807, 2.05) is 20.8 Å². The van der Waals surface area contributed by atoms with Gasteiger partial charge in [-0.3, -0.25) is 4.79 Å². The first-order chi connectivity index (χ1) is 11.4. The number of halogens is 1. The molecule has 1 aliphatic rings. The summed E-state index contributed by atoms with van der Waals surface area (Å²) >= 11 is 0. The van der Waals surface area contributed by atoms with E-state index >= 15 is 0 Å². The lowest BCUT2D eigenvalue weighted by Gasteiger charge is -2.57. The van der Waals surface area contributed by atoms with Crippen molar-refractivity contribution in [1.29, 1.82) is 0 Å². The number of anilines is 1. The van der Waals surface area contributed by atoms with E-state index in [9.17, 15) is 4.79 Å². The fraction of sp³-hybridized carbons (Fsp3) is 0.500. The maximum atomic E-state index is 12.7. The van der Waals surface area contributed by atoms with Crippen molar-refractivity contribution in [3.63, 3.8) is 0 Å². The highest BCUT2D eigenvalue weighted by atomic mass is 35.5. The van der Waals surface area contributed by atoms with E-state index in [0.29, 0.717) is 24.7 Å². The average Bonchev–Trinajstić information content (AvgIpc) is 3.03. The molecule has 2 aromatic rings. The molecule has 0 saturated heterocycles. The Morgan fingerprint density at radius 3 is 2.72 bits per heavy atom. The van der Waals surface area contributed by atoms with Gasteiger partial charge in [0.1, 0.15) is 5.54 Å². The molecule has 3 rings (SSSR count). The van der Waals surface area contributed by atoms with Crippen molar-refractivity contribution in [2.75, 3.05) is 11.9 Å². The quantitative estimate of drug-likeness (QED) is 0.831. The summed E-state index contributed by atoms with van der Waals surface area (Å²) in [5, 5.41) is 6.99. The Bertz CT molecular complexity index is 735. The van der Waals surface area contributed by atoms with Gasteiger partial charge in [0.05, 0.1) is 24.2 Å². The van der Waals surface area contributed by atoms with Gasteiger partial charge in [0, 0.05) is 30.8 Å². The highest BCUT2D eigenvalue weighted by Gasteiger charge is 2.62. The van der Waals surface area contributed by atoms with Crippen LogP contribution in [0.4, 0.5) is 5.69 Å². The molecule has 136 valence electrons. The maximum Gasteiger partial charge on any atom is 0.250 e. The topological polar surface area (TPSA) is 108 Å². The molecule has 1 saturated carbocycles. The molecule has 2 atom stereocenters. The molecule has 25 heavy (non-hydrogen) atoms. The summed E-state index contributed by atoms with van der Waals surface area (Å²) < 4.78 is 7.15. The molecule has 1 aliphatic carbocycles. The van der Waals surface area contributed by atoms with Crippen molar-refractivity contribution in [3.05, 3.63) is 30.9 Å². The largest absolute Gasteiger partial charge is 0.378 e. The smallest absolute Gasteiger partial charge is 0.250 e. The van der Waals surface area contributed by atoms with E-state index in [0.717, 1.165) is 0 Å². The van der Waals surface area contributed by atoms with Crippen LogP contribution in [0, 0.1) is 5.41 Å². The number of nitrogens with one attached hydrogen (secondary N) is 1. The Morgan fingerprint density at radius 1 is 1.44 bits per heavy atom. The van der Waals surface area contributed by atoms with Crippen LogP contribution < -0.4 is 11.1 Å². The average molecular weight is 367 g/mol. The normalized spacial score (nSPS) is 24.1. The highest BCUT2D eigenvalue weighted by Crippen LogP contribution is 2.50. The fourth-order valence-corrected chi connectivity index (χ4v) is 2.97. The third kappa shape index (κ3) is 3.24. The van der Waals surface area contributed by atoms with Gasteiger partial charge in [0.2, 0.25) is 11.9 Å². The maximum absolute atomic E-state index is 12.7. The number of rotatable bonds is 5. The van der Waals surface area contributed by atoms with Crippen LogP contribution in [0.5, 0.6) is 0 Å². The summed E-state index contributed by atoms with van der Waals surface area (Å²) in [4.78, 5) is 20.9. The Kier molecular flexibility index (Phi) is 5.46. The first-order valence-electron chi connectivity index (χ1n) is 7.92. The van der Waals surface area contributed by atoms with Gasteiger partial charge in [-0.2, -0.15) is 5.10 Å². The van der Waals surface area contributed by atoms with Crippen molar-refractivity contribution >= 4 is 24.0 Å². The van der Waals surface area contributed by atoms with E-state index in [1.54, 1.807) is 30.9 Å². The second-order valence-corrected chi connectivity index (χ2v) is 6.52. The van der Waals surface area contributed by atoms with E-state index in [2.05, 4.69) is 20.4 Å². The van der Waals surface area contributed by atoms with Crippen molar-refractivity contribution in [2.45, 2.75) is 38.8 Å². The van der Waals surface area contributed by atoms with Gasteiger partial charge >= 0.3 is 0 Å². The molecule has 1 fully saturated rings. The van der Waals surface area contributed by atoms with Gasteiger partial charge in [-0.25, -0.2) is 14.6 Å². The number of aromatic nitrogens is 4. The molecule has 1 amide bonds. The van der Waals surface area contributed by atoms with Crippen molar-refractivity contribution in [3.8, 4) is 5.95 Å². The van der Waals surface area contributed by atoms with Crippen LogP contribution in [0.25, 0.3) is 5.95 Å². The van der Waals surface area contributed by atoms with Crippen LogP contribution in [-0.4, -0.2) is 43.9 Å². The first-order valence-corrected chi connectivity index (χ1v) is 7.92. The van der Waals surface area contributed by atoms with Gasteiger partial charge < -0.3 is 15.8 Å². The van der Waals surface area contributed by atoms with E-state index < -0.39 is 11.0 Å². The molecule has 3 N–H and O–H groups in total. The molecular formula is C16H23ClN6O2. The molecule has 0 radical (unpaired) electrons. The number of amides is 1. The number of nitrogens with zero attached hydrogens (tertiary/aromatic N) is 4. The SMILES string of the molecule is CCOC1CC(N)(C(=O)Nc2cnn(-c3ncccn3)c2)C1(C)C.Cl. The second-order valence-electron chi connectivity index (χ2n) is 6.52. The zero-order valence-corrected chi connectivity index (χ0v) is 15.3. The van der Waals surface area contributed by atoms with Crippen LogP contribution in [0.3, 0.4) is 0 Å². The predicted molar refractivity (Wildman–Crippen MR) is 95.8 cm³/mol. The zero-order valence-electron chi connectivity index (χ0n) is 14.5. The molecule has 0 spiro atoms. The van der Waals surface area contributed by atoms with Gasteiger partial charge in [-0.05, 0) is 13.0 Å². The highest BCUT2D eigenvalue weighted by molar-refractivity contribution is 5.99. The standard InChI is InChI=1S/C16H22N6O2.ClH/c1-4-24-12-8-16(17,15(12,2)3)13(23)21-11-9-20-22(10-11)14-18-6-5-7-19-14;/h5-7,9-10,12H,4,8,17H2,1-3H3,(H,21,23);1H. The third-order valence-corrected chi connectivity index (χ3v) is 4.83. The molecule has 2 aromatic heterocycles. The number of carbonyl (C=O) groups excluding carboxylic acids is 1. The summed E-state index contributed by atoms with van der Waals surface area (Å²) in [7, 11) is 0. The summed E-state index contributed by atoms with van der Waals surface area (Å²) in [5.74, 6) is 0.192. The summed E-state index contributed by atoms with van der Waals surface area (Å²) in [6.07, 6.45) is 6.93.